The van der Waals surface area contributed by atoms with Crippen LogP contribution in [-0.2, 0) is 5.41 Å². The summed E-state index contributed by atoms with van der Waals surface area (Å²) in [6, 6.07) is 4.38. The Kier molecular flexibility index (Phi) is 8.53. The summed E-state index contributed by atoms with van der Waals surface area (Å²) in [6.07, 6.45) is 8.46. The number of aromatic nitrogens is 1. The third-order valence-electron chi connectivity index (χ3n) is 2.77. The molecule has 0 saturated carbocycles. The van der Waals surface area contributed by atoms with Crippen molar-refractivity contribution in [1.82, 2.24) is 4.90 Å². The Bertz CT molecular complexity index is 560. The number of rotatable bonds is 3. The van der Waals surface area contributed by atoms with Gasteiger partial charge in [0, 0.05) is 26.2 Å². The normalized spacial score (nSPS) is 12.2. The van der Waals surface area contributed by atoms with Gasteiger partial charge < -0.3 is 4.90 Å². The average Bonchev–Trinajstić information content (AvgIpc) is 2.34. The molecule has 0 unspecified atom stereocenters. The molecule has 24 heavy (non-hydrogen) atoms. The Morgan fingerprint density at radius 1 is 1.08 bits per heavy atom. The van der Waals surface area contributed by atoms with Gasteiger partial charge in [0.25, 0.3) is 5.70 Å². The first-order chi connectivity index (χ1) is 10.7. The van der Waals surface area contributed by atoms with E-state index in [1.54, 1.807) is 0 Å². The van der Waals surface area contributed by atoms with E-state index in [0.717, 1.165) is 5.70 Å². The second kappa shape index (κ2) is 9.10. The molecule has 0 N–H and O–H groups in total. The van der Waals surface area contributed by atoms with Gasteiger partial charge in [-0.05, 0) is 11.0 Å². The molecule has 0 atom stereocenters. The lowest BCUT2D eigenvalue weighted by Crippen LogP contribution is -2.68. The minimum Gasteiger partial charge on any atom is -0.378 e. The lowest BCUT2D eigenvalue weighted by molar-refractivity contribution is -2.00. The van der Waals surface area contributed by atoms with Crippen molar-refractivity contribution < 1.29 is 38.0 Å². The van der Waals surface area contributed by atoms with Crippen molar-refractivity contribution in [2.24, 2.45) is 0 Å². The summed E-state index contributed by atoms with van der Waals surface area (Å²) in [6.45, 7) is 6.69. The van der Waals surface area contributed by atoms with Gasteiger partial charge in [0.15, 0.2) is 12.4 Å². The zero-order valence-corrected chi connectivity index (χ0v) is 16.1. The van der Waals surface area contributed by atoms with Crippen LogP contribution >= 0.6 is 0 Å². The number of allylic oxidation sites excluding steroid dienone is 1. The van der Waals surface area contributed by atoms with E-state index in [0.29, 0.717) is 0 Å². The van der Waals surface area contributed by atoms with Gasteiger partial charge in [0.1, 0.15) is 14.1 Å². The molecule has 8 heteroatoms. The maximum Gasteiger partial charge on any atom is 0.290 e. The second-order valence-electron chi connectivity index (χ2n) is 6.73. The second-order valence-corrected chi connectivity index (χ2v) is 7.49. The van der Waals surface area contributed by atoms with Crippen LogP contribution in [0.4, 0.5) is 0 Å². The van der Waals surface area contributed by atoms with Gasteiger partial charge >= 0.3 is 0 Å². The van der Waals surface area contributed by atoms with E-state index < -0.39 is 10.2 Å². The smallest absolute Gasteiger partial charge is 0.290 e. The summed E-state index contributed by atoms with van der Waals surface area (Å²) in [5.41, 5.74) is 2.67. The van der Waals surface area contributed by atoms with Gasteiger partial charge in [-0.2, -0.15) is 4.57 Å². The SMILES string of the molecule is CN(C)/C=C(/C=[N+](C)C)[n+]1ccc(C(C)(C)C)cc1.[O-][Cl+3]([O-])([O-])[O-]. The van der Waals surface area contributed by atoms with Gasteiger partial charge in [0.05, 0.1) is 6.20 Å². The molecule has 0 radical (unpaired) electrons. The van der Waals surface area contributed by atoms with Crippen LogP contribution in [0.25, 0.3) is 5.70 Å². The van der Waals surface area contributed by atoms with Gasteiger partial charge in [-0.25, -0.2) is 23.2 Å². The lowest BCUT2D eigenvalue weighted by atomic mass is 9.88. The Hall–Kier alpha value is -1.51. The van der Waals surface area contributed by atoms with Gasteiger partial charge in [-0.1, -0.05) is 20.8 Å². The van der Waals surface area contributed by atoms with Crippen molar-refractivity contribution in [3.63, 3.8) is 0 Å². The molecule has 0 amide bonds. The van der Waals surface area contributed by atoms with Crippen LogP contribution in [0.5, 0.6) is 0 Å². The highest BCUT2D eigenvalue weighted by Crippen LogP contribution is 2.20. The predicted molar refractivity (Wildman–Crippen MR) is 81.5 cm³/mol. The van der Waals surface area contributed by atoms with Gasteiger partial charge in [0.2, 0.25) is 6.21 Å². The van der Waals surface area contributed by atoms with E-state index in [9.17, 15) is 0 Å². The zero-order valence-electron chi connectivity index (χ0n) is 15.3. The molecule has 0 aliphatic carbocycles. The molecule has 1 rings (SSSR count). The largest absolute Gasteiger partial charge is 0.378 e. The summed E-state index contributed by atoms with van der Waals surface area (Å²) in [5.74, 6) is 0. The van der Waals surface area contributed by atoms with Gasteiger partial charge in [-0.3, -0.25) is 0 Å². The van der Waals surface area contributed by atoms with Crippen LogP contribution in [0.3, 0.4) is 0 Å². The standard InChI is InChI=1S/C16H27N3.ClHO4/c1-16(2,3)14-8-10-19(11-9-14)15(12-17(4)5)13-18(6)7;2-1(3,4)5/h8-13H,1-7H3;(H,2,3,4,5)/q+2;/p-1. The molecule has 1 aromatic heterocycles. The van der Waals surface area contributed by atoms with E-state index in [1.807, 2.05) is 28.2 Å². The first kappa shape index (κ1) is 22.5. The highest BCUT2D eigenvalue weighted by Gasteiger charge is 2.17. The fourth-order valence-corrected chi connectivity index (χ4v) is 1.79. The molecule has 7 nitrogen and oxygen atoms in total. The summed E-state index contributed by atoms with van der Waals surface area (Å²) in [5, 5.41) is 0. The molecule has 0 aromatic carbocycles. The summed E-state index contributed by atoms with van der Waals surface area (Å²) >= 11 is 0. The molecule has 0 saturated heterocycles. The van der Waals surface area contributed by atoms with E-state index >= 15 is 0 Å². The molecule has 0 aliphatic heterocycles. The lowest BCUT2D eigenvalue weighted by Gasteiger charge is -2.17. The highest BCUT2D eigenvalue weighted by atomic mass is 35.7. The van der Waals surface area contributed by atoms with E-state index in [-0.39, 0.29) is 5.41 Å². The molecule has 1 aromatic rings. The number of hydrogen-bond donors (Lipinski definition) is 0. The molecular weight excluding hydrogens is 334 g/mol. The first-order valence-corrected chi connectivity index (χ1v) is 8.47. The zero-order chi connectivity index (χ0) is 19.1. The fraction of sp³-hybridized carbons (Fsp3) is 0.500. The van der Waals surface area contributed by atoms with Crippen LogP contribution < -0.4 is 23.2 Å². The van der Waals surface area contributed by atoms with Crippen LogP contribution in [0.1, 0.15) is 26.3 Å². The molecule has 0 spiro atoms. The quantitative estimate of drug-likeness (QED) is 0.428. The molecule has 1 heterocycles. The van der Waals surface area contributed by atoms with E-state index in [2.05, 4.69) is 71.8 Å². The van der Waals surface area contributed by atoms with Crippen molar-refractivity contribution in [2.45, 2.75) is 26.2 Å². The van der Waals surface area contributed by atoms with Crippen molar-refractivity contribution in [2.75, 3.05) is 28.2 Å². The Balaban J connectivity index is 0.000000922. The van der Waals surface area contributed by atoms with Crippen molar-refractivity contribution in [1.29, 1.82) is 0 Å². The minimum atomic E-state index is -4.94. The third-order valence-corrected chi connectivity index (χ3v) is 2.77. The van der Waals surface area contributed by atoms with Crippen molar-refractivity contribution in [3.8, 4) is 0 Å². The highest BCUT2D eigenvalue weighted by molar-refractivity contribution is 5.94. The summed E-state index contributed by atoms with van der Waals surface area (Å²) in [7, 11) is 3.20. The maximum absolute atomic E-state index is 8.49. The summed E-state index contributed by atoms with van der Waals surface area (Å²) in [4.78, 5) is 2.06. The van der Waals surface area contributed by atoms with Crippen LogP contribution in [0, 0.1) is 10.2 Å². The van der Waals surface area contributed by atoms with Crippen LogP contribution in [0.15, 0.2) is 30.7 Å². The summed E-state index contributed by atoms with van der Waals surface area (Å²) < 4.78 is 38.2. The minimum absolute atomic E-state index is 0.190. The predicted octanol–water partition coefficient (Wildman–Crippen LogP) is -2.78. The van der Waals surface area contributed by atoms with E-state index in [1.165, 1.54) is 5.56 Å². The van der Waals surface area contributed by atoms with E-state index in [4.69, 9.17) is 18.6 Å². The van der Waals surface area contributed by atoms with Crippen molar-refractivity contribution in [3.05, 3.63) is 36.3 Å². The van der Waals surface area contributed by atoms with Crippen molar-refractivity contribution >= 4 is 11.9 Å². The molecule has 0 aliphatic rings. The Morgan fingerprint density at radius 2 is 1.50 bits per heavy atom. The third kappa shape index (κ3) is 11.1. The Morgan fingerprint density at radius 3 is 1.79 bits per heavy atom. The Labute approximate surface area is 146 Å². The fourth-order valence-electron chi connectivity index (χ4n) is 1.79. The number of nitrogens with zero attached hydrogens (tertiary/aromatic N) is 3. The molecule has 136 valence electrons. The van der Waals surface area contributed by atoms with Crippen LogP contribution in [-0.4, -0.2) is 43.9 Å². The number of pyridine rings is 1. The molecule has 0 bridgehead atoms. The topological polar surface area (TPSA) is 102 Å². The molecular formula is C16H27ClN3O4+. The number of halogens is 1. The average molecular weight is 361 g/mol. The van der Waals surface area contributed by atoms with Gasteiger partial charge in [-0.15, -0.1) is 10.2 Å². The number of hydrogen-bond acceptors (Lipinski definition) is 5. The monoisotopic (exact) mass is 360 g/mol. The molecule has 0 fully saturated rings. The van der Waals surface area contributed by atoms with Crippen LogP contribution in [0.2, 0.25) is 0 Å². The maximum atomic E-state index is 8.49. The first-order valence-electron chi connectivity index (χ1n) is 7.23.